The normalized spacial score (nSPS) is 10.7. The van der Waals surface area contributed by atoms with Crippen LogP contribution in [0.25, 0.3) is 10.8 Å². The maximum Gasteiger partial charge on any atom is 0.165 e. The van der Waals surface area contributed by atoms with Gasteiger partial charge in [0.05, 0.1) is 0 Å². The fourth-order valence-electron chi connectivity index (χ4n) is 1.89. The van der Waals surface area contributed by atoms with Crippen LogP contribution in [0.5, 0.6) is 11.5 Å². The minimum atomic E-state index is -0.0304. The van der Waals surface area contributed by atoms with E-state index in [1.54, 1.807) is 6.07 Å². The van der Waals surface area contributed by atoms with E-state index in [-0.39, 0.29) is 11.5 Å². The average molecular weight is 202 g/mol. The Morgan fingerprint density at radius 3 is 2.40 bits per heavy atom. The average Bonchev–Trinajstić information content (AvgIpc) is 2.26. The molecule has 2 rings (SSSR count). The molecular formula is C13H14O2. The van der Waals surface area contributed by atoms with Gasteiger partial charge in [-0.25, -0.2) is 0 Å². The van der Waals surface area contributed by atoms with Crippen LogP contribution in [0.15, 0.2) is 30.3 Å². The second-order valence-electron chi connectivity index (χ2n) is 3.70. The molecule has 78 valence electrons. The molecule has 2 aromatic rings. The minimum Gasteiger partial charge on any atom is -0.504 e. The van der Waals surface area contributed by atoms with Gasteiger partial charge in [0.25, 0.3) is 0 Å². The first-order valence-corrected chi connectivity index (χ1v) is 5.16. The zero-order chi connectivity index (χ0) is 10.8. The Labute approximate surface area is 88.8 Å². The largest absolute Gasteiger partial charge is 0.504 e. The molecule has 0 saturated carbocycles. The van der Waals surface area contributed by atoms with Crippen molar-refractivity contribution in [2.75, 3.05) is 0 Å². The topological polar surface area (TPSA) is 40.5 Å². The molecule has 2 nitrogen and oxygen atoms in total. The van der Waals surface area contributed by atoms with Crippen LogP contribution in [0.1, 0.15) is 18.9 Å². The van der Waals surface area contributed by atoms with E-state index in [0.717, 1.165) is 29.2 Å². The van der Waals surface area contributed by atoms with E-state index < -0.39 is 0 Å². The van der Waals surface area contributed by atoms with Gasteiger partial charge in [-0.1, -0.05) is 37.6 Å². The van der Waals surface area contributed by atoms with E-state index >= 15 is 0 Å². The maximum absolute atomic E-state index is 9.70. The molecule has 15 heavy (non-hydrogen) atoms. The second-order valence-corrected chi connectivity index (χ2v) is 3.70. The zero-order valence-electron chi connectivity index (χ0n) is 8.70. The molecule has 0 aliphatic rings. The van der Waals surface area contributed by atoms with E-state index in [4.69, 9.17) is 0 Å². The van der Waals surface area contributed by atoms with Crippen LogP contribution in [0.3, 0.4) is 0 Å². The lowest BCUT2D eigenvalue weighted by molar-refractivity contribution is 0.407. The summed E-state index contributed by atoms with van der Waals surface area (Å²) >= 11 is 0. The molecule has 0 heterocycles. The van der Waals surface area contributed by atoms with Gasteiger partial charge in [-0.05, 0) is 23.4 Å². The molecule has 0 aliphatic carbocycles. The number of hydrogen-bond acceptors (Lipinski definition) is 2. The zero-order valence-corrected chi connectivity index (χ0v) is 8.70. The Bertz CT molecular complexity index is 489. The van der Waals surface area contributed by atoms with Gasteiger partial charge in [-0.3, -0.25) is 0 Å². The lowest BCUT2D eigenvalue weighted by Crippen LogP contribution is -1.86. The molecule has 2 N–H and O–H groups in total. The summed E-state index contributed by atoms with van der Waals surface area (Å²) in [7, 11) is 0. The van der Waals surface area contributed by atoms with E-state index in [1.165, 1.54) is 0 Å². The first kappa shape index (κ1) is 9.84. The number of phenolic OH excluding ortho intramolecular Hbond substituents is 2. The second kappa shape index (κ2) is 3.81. The third-order valence-electron chi connectivity index (χ3n) is 2.60. The Morgan fingerprint density at radius 2 is 1.73 bits per heavy atom. The molecule has 0 spiro atoms. The lowest BCUT2D eigenvalue weighted by Gasteiger charge is -2.08. The van der Waals surface area contributed by atoms with E-state index in [9.17, 15) is 10.2 Å². The van der Waals surface area contributed by atoms with Crippen molar-refractivity contribution < 1.29 is 10.2 Å². The highest BCUT2D eigenvalue weighted by molar-refractivity contribution is 5.93. The van der Waals surface area contributed by atoms with Crippen molar-refractivity contribution in [3.63, 3.8) is 0 Å². The van der Waals surface area contributed by atoms with E-state index in [1.807, 2.05) is 24.3 Å². The standard InChI is InChI=1S/C13H14O2/c1-2-5-9-8-12(14)13(15)11-7-4-3-6-10(9)11/h3-4,6-8,14-15H,2,5H2,1H3. The fourth-order valence-corrected chi connectivity index (χ4v) is 1.89. The van der Waals surface area contributed by atoms with Crippen molar-refractivity contribution in [3.8, 4) is 11.5 Å². The summed E-state index contributed by atoms with van der Waals surface area (Å²) in [6.45, 7) is 2.10. The fraction of sp³-hybridized carbons (Fsp3) is 0.231. The molecule has 0 aliphatic heterocycles. The molecule has 0 aromatic heterocycles. The molecule has 0 bridgehead atoms. The number of phenols is 2. The highest BCUT2D eigenvalue weighted by Crippen LogP contribution is 2.36. The molecule has 2 aromatic carbocycles. The van der Waals surface area contributed by atoms with Crippen LogP contribution >= 0.6 is 0 Å². The number of aryl methyl sites for hydroxylation is 1. The molecule has 2 heteroatoms. The Hall–Kier alpha value is -1.70. The molecule has 0 unspecified atom stereocenters. The summed E-state index contributed by atoms with van der Waals surface area (Å²) in [6, 6.07) is 9.25. The molecule has 0 atom stereocenters. The Kier molecular flexibility index (Phi) is 2.50. The molecular weight excluding hydrogens is 188 g/mol. The molecule has 0 radical (unpaired) electrons. The third kappa shape index (κ3) is 1.63. The Balaban J connectivity index is 2.76. The van der Waals surface area contributed by atoms with Gasteiger partial charge in [0, 0.05) is 5.39 Å². The summed E-state index contributed by atoms with van der Waals surface area (Å²) in [4.78, 5) is 0. The highest BCUT2D eigenvalue weighted by Gasteiger charge is 2.09. The molecule has 0 saturated heterocycles. The first-order chi connectivity index (χ1) is 7.24. The van der Waals surface area contributed by atoms with Crippen LogP contribution in [-0.2, 0) is 6.42 Å². The summed E-state index contributed by atoms with van der Waals surface area (Å²) in [5, 5.41) is 21.0. The number of aromatic hydroxyl groups is 2. The highest BCUT2D eigenvalue weighted by atomic mass is 16.3. The van der Waals surface area contributed by atoms with Gasteiger partial charge in [0.15, 0.2) is 11.5 Å². The quantitative estimate of drug-likeness (QED) is 0.734. The monoisotopic (exact) mass is 202 g/mol. The third-order valence-corrected chi connectivity index (χ3v) is 2.60. The van der Waals surface area contributed by atoms with Crippen molar-refractivity contribution in [2.24, 2.45) is 0 Å². The smallest absolute Gasteiger partial charge is 0.165 e. The number of hydrogen-bond donors (Lipinski definition) is 2. The van der Waals surface area contributed by atoms with Crippen LogP contribution < -0.4 is 0 Å². The van der Waals surface area contributed by atoms with Gasteiger partial charge >= 0.3 is 0 Å². The molecule has 0 amide bonds. The summed E-state index contributed by atoms with van der Waals surface area (Å²) in [5.74, 6) is -0.0531. The minimum absolute atomic E-state index is 0.0227. The number of benzene rings is 2. The lowest BCUT2D eigenvalue weighted by atomic mass is 10.00. The summed E-state index contributed by atoms with van der Waals surface area (Å²) < 4.78 is 0. The number of rotatable bonds is 2. The maximum atomic E-state index is 9.70. The van der Waals surface area contributed by atoms with Crippen LogP contribution in [0.2, 0.25) is 0 Å². The SMILES string of the molecule is CCCc1cc(O)c(O)c2ccccc12. The van der Waals surface area contributed by atoms with E-state index in [2.05, 4.69) is 6.92 Å². The number of fused-ring (bicyclic) bond motifs is 1. The first-order valence-electron chi connectivity index (χ1n) is 5.16. The van der Waals surface area contributed by atoms with Gasteiger partial charge in [0.1, 0.15) is 0 Å². The van der Waals surface area contributed by atoms with Gasteiger partial charge in [0.2, 0.25) is 0 Å². The summed E-state index contributed by atoms with van der Waals surface area (Å²) in [6.07, 6.45) is 1.93. The molecule has 0 fully saturated rings. The van der Waals surface area contributed by atoms with Crippen LogP contribution in [0.4, 0.5) is 0 Å². The van der Waals surface area contributed by atoms with Crippen LogP contribution in [0, 0.1) is 0 Å². The van der Waals surface area contributed by atoms with Gasteiger partial charge < -0.3 is 10.2 Å². The van der Waals surface area contributed by atoms with E-state index in [0.29, 0.717) is 0 Å². The van der Waals surface area contributed by atoms with Crippen molar-refractivity contribution in [1.82, 2.24) is 0 Å². The van der Waals surface area contributed by atoms with Gasteiger partial charge in [-0.15, -0.1) is 0 Å². The van der Waals surface area contributed by atoms with Crippen molar-refractivity contribution >= 4 is 10.8 Å². The van der Waals surface area contributed by atoms with Crippen molar-refractivity contribution in [3.05, 3.63) is 35.9 Å². The Morgan fingerprint density at radius 1 is 1.07 bits per heavy atom. The van der Waals surface area contributed by atoms with Crippen molar-refractivity contribution in [2.45, 2.75) is 19.8 Å². The van der Waals surface area contributed by atoms with Crippen LogP contribution in [-0.4, -0.2) is 10.2 Å². The predicted molar refractivity (Wildman–Crippen MR) is 61.3 cm³/mol. The predicted octanol–water partition coefficient (Wildman–Crippen LogP) is 3.20. The summed E-state index contributed by atoms with van der Waals surface area (Å²) in [5.41, 5.74) is 1.09. The van der Waals surface area contributed by atoms with Crippen molar-refractivity contribution in [1.29, 1.82) is 0 Å². The van der Waals surface area contributed by atoms with Gasteiger partial charge in [-0.2, -0.15) is 0 Å².